The van der Waals surface area contributed by atoms with Crippen molar-refractivity contribution in [2.24, 2.45) is 5.41 Å². The molecule has 3 saturated carbocycles. The third-order valence-electron chi connectivity index (χ3n) is 8.65. The van der Waals surface area contributed by atoms with Gasteiger partial charge in [0.05, 0.1) is 0 Å². The van der Waals surface area contributed by atoms with E-state index in [2.05, 4.69) is 74.5 Å². The maximum absolute atomic E-state index is 5.79. The molecule has 0 heterocycles. The van der Waals surface area contributed by atoms with Crippen molar-refractivity contribution in [1.82, 2.24) is 0 Å². The van der Waals surface area contributed by atoms with Crippen molar-refractivity contribution in [2.75, 3.05) is 6.61 Å². The van der Waals surface area contributed by atoms with Crippen LogP contribution in [0.1, 0.15) is 103 Å². The quantitative estimate of drug-likeness (QED) is 0.234. The normalized spacial score (nSPS) is 24.4. The Morgan fingerprint density at radius 3 is 1.91 bits per heavy atom. The molecule has 3 aliphatic rings. The Morgan fingerprint density at radius 1 is 0.697 bits per heavy atom. The molecule has 5 rings (SSSR count). The summed E-state index contributed by atoms with van der Waals surface area (Å²) >= 11 is 0. The lowest BCUT2D eigenvalue weighted by Gasteiger charge is -2.54. The topological polar surface area (TPSA) is 9.23 Å². The van der Waals surface area contributed by atoms with Crippen molar-refractivity contribution in [3.05, 3.63) is 66.2 Å². The summed E-state index contributed by atoms with van der Waals surface area (Å²) in [6.45, 7) is 5.10. The van der Waals surface area contributed by atoms with Gasteiger partial charge in [-0.15, -0.1) is 0 Å². The molecule has 0 saturated heterocycles. The van der Waals surface area contributed by atoms with Crippen molar-refractivity contribution in [3.8, 4) is 16.9 Å². The molecule has 33 heavy (non-hydrogen) atoms. The van der Waals surface area contributed by atoms with Gasteiger partial charge in [-0.05, 0) is 91.0 Å². The summed E-state index contributed by atoms with van der Waals surface area (Å²) in [5.41, 5.74) is 5.30. The Hall–Kier alpha value is -2.02. The number of hydrogen-bond acceptors (Lipinski definition) is 1. The van der Waals surface area contributed by atoms with Crippen LogP contribution in [-0.4, -0.2) is 6.61 Å². The first-order valence-corrected chi connectivity index (χ1v) is 13.7. The van der Waals surface area contributed by atoms with Gasteiger partial charge in [-0.2, -0.15) is 0 Å². The summed E-state index contributed by atoms with van der Waals surface area (Å²) in [4.78, 5) is 0. The fourth-order valence-electron chi connectivity index (χ4n) is 6.31. The van der Waals surface area contributed by atoms with Gasteiger partial charge in [0.25, 0.3) is 0 Å². The van der Waals surface area contributed by atoms with E-state index in [0.717, 1.165) is 12.2 Å². The van der Waals surface area contributed by atoms with Crippen LogP contribution < -0.4 is 4.74 Å². The van der Waals surface area contributed by atoms with Crippen LogP contribution in [0.5, 0.6) is 5.75 Å². The lowest BCUT2D eigenvalue weighted by Crippen LogP contribution is -2.44. The number of hydrogen-bond donors (Lipinski definition) is 0. The molecule has 0 aliphatic heterocycles. The second kappa shape index (κ2) is 11.4. The van der Waals surface area contributed by atoms with Crippen LogP contribution in [0, 0.1) is 5.41 Å². The molecule has 1 heteroatoms. The van der Waals surface area contributed by atoms with Gasteiger partial charge in [-0.1, -0.05) is 94.5 Å². The average Bonchev–Trinajstić information content (AvgIpc) is 2.88. The van der Waals surface area contributed by atoms with Gasteiger partial charge in [0.15, 0.2) is 0 Å². The highest BCUT2D eigenvalue weighted by molar-refractivity contribution is 5.64. The molecule has 2 aromatic carbocycles. The molecule has 3 aliphatic carbocycles. The molecule has 0 radical (unpaired) electrons. The van der Waals surface area contributed by atoms with E-state index in [9.17, 15) is 0 Å². The summed E-state index contributed by atoms with van der Waals surface area (Å²) < 4.78 is 5.79. The highest BCUT2D eigenvalue weighted by Gasteiger charge is 2.48. The number of benzene rings is 2. The van der Waals surface area contributed by atoms with Crippen LogP contribution in [-0.2, 0) is 5.41 Å². The van der Waals surface area contributed by atoms with Crippen LogP contribution in [0.2, 0.25) is 0 Å². The largest absolute Gasteiger partial charge is 0.490 e. The number of allylic oxidation sites excluding steroid dienone is 1. The van der Waals surface area contributed by atoms with Gasteiger partial charge in [0.2, 0.25) is 0 Å². The predicted octanol–water partition coefficient (Wildman–Crippen LogP) is 9.65. The third kappa shape index (κ3) is 5.92. The van der Waals surface area contributed by atoms with Crippen LogP contribution in [0.3, 0.4) is 0 Å². The van der Waals surface area contributed by atoms with E-state index >= 15 is 0 Å². The summed E-state index contributed by atoms with van der Waals surface area (Å²) in [7, 11) is 0. The number of fused-ring (bicyclic) bond motifs is 3. The Balaban J connectivity index is 1.32. The van der Waals surface area contributed by atoms with E-state index in [-0.39, 0.29) is 0 Å². The lowest BCUT2D eigenvalue weighted by molar-refractivity contribution is 0.0304. The molecule has 0 aromatic heterocycles. The Bertz CT molecular complexity index is 849. The SMILES string of the molecule is CCC=CCOc1ccc(-c2ccc(C34CCC(CCCCCCC)(CC3)CC4)cc2)cc1. The minimum absolute atomic E-state index is 0.451. The van der Waals surface area contributed by atoms with E-state index in [0.29, 0.717) is 17.4 Å². The Labute approximate surface area is 202 Å². The van der Waals surface area contributed by atoms with Crippen molar-refractivity contribution in [3.63, 3.8) is 0 Å². The van der Waals surface area contributed by atoms with Crippen molar-refractivity contribution in [2.45, 2.75) is 103 Å². The second-order valence-electron chi connectivity index (χ2n) is 10.7. The Morgan fingerprint density at radius 2 is 1.30 bits per heavy atom. The molecule has 0 amide bonds. The predicted molar refractivity (Wildman–Crippen MR) is 142 cm³/mol. The van der Waals surface area contributed by atoms with Crippen LogP contribution in [0.15, 0.2) is 60.7 Å². The first kappa shape index (κ1) is 24.1. The van der Waals surface area contributed by atoms with Crippen molar-refractivity contribution < 1.29 is 4.74 Å². The second-order valence-corrected chi connectivity index (χ2v) is 10.7. The van der Waals surface area contributed by atoms with E-state index in [4.69, 9.17) is 4.74 Å². The van der Waals surface area contributed by atoms with E-state index in [1.54, 1.807) is 5.56 Å². The van der Waals surface area contributed by atoms with E-state index in [1.165, 1.54) is 88.2 Å². The summed E-state index contributed by atoms with van der Waals surface area (Å²) in [5, 5.41) is 0. The molecular weight excluding hydrogens is 400 g/mol. The maximum atomic E-state index is 5.79. The molecule has 0 atom stereocenters. The smallest absolute Gasteiger partial charge is 0.119 e. The zero-order chi connectivity index (χ0) is 23.0. The molecule has 0 spiro atoms. The summed E-state index contributed by atoms with van der Waals surface area (Å²) in [5.74, 6) is 0.938. The molecule has 3 fully saturated rings. The molecule has 2 aromatic rings. The first-order chi connectivity index (χ1) is 16.2. The fourth-order valence-corrected chi connectivity index (χ4v) is 6.31. The molecule has 1 nitrogen and oxygen atoms in total. The van der Waals surface area contributed by atoms with Gasteiger partial charge in [-0.25, -0.2) is 0 Å². The maximum Gasteiger partial charge on any atom is 0.119 e. The van der Waals surface area contributed by atoms with Gasteiger partial charge in [0.1, 0.15) is 12.4 Å². The van der Waals surface area contributed by atoms with Gasteiger partial charge in [0, 0.05) is 0 Å². The third-order valence-corrected chi connectivity index (χ3v) is 8.65. The van der Waals surface area contributed by atoms with Crippen molar-refractivity contribution >= 4 is 0 Å². The standard InChI is InChI=1S/C32H44O/c1-3-5-7-8-9-19-31-20-23-32(24-21-31,25-22-31)29-15-11-27(12-16-29)28-13-17-30(18-14-28)33-26-10-6-4-2/h6,10-18H,3-5,7-9,19-26H2,1-2H3. The monoisotopic (exact) mass is 444 g/mol. The zero-order valence-electron chi connectivity index (χ0n) is 21.1. The number of ether oxygens (including phenoxy) is 1. The Kier molecular flexibility index (Phi) is 8.34. The molecular formula is C32H44O. The number of rotatable bonds is 12. The minimum atomic E-state index is 0.451. The van der Waals surface area contributed by atoms with Crippen molar-refractivity contribution in [1.29, 1.82) is 0 Å². The summed E-state index contributed by atoms with van der Waals surface area (Å²) in [6, 6.07) is 18.1. The van der Waals surface area contributed by atoms with E-state index < -0.39 is 0 Å². The van der Waals surface area contributed by atoms with Gasteiger partial charge in [-0.3, -0.25) is 0 Å². The highest BCUT2D eigenvalue weighted by atomic mass is 16.5. The zero-order valence-corrected chi connectivity index (χ0v) is 21.1. The molecule has 0 unspecified atom stereocenters. The van der Waals surface area contributed by atoms with Crippen LogP contribution in [0.4, 0.5) is 0 Å². The number of unbranched alkanes of at least 4 members (excludes halogenated alkanes) is 4. The average molecular weight is 445 g/mol. The fraction of sp³-hybridized carbons (Fsp3) is 0.562. The van der Waals surface area contributed by atoms with Crippen LogP contribution in [0.25, 0.3) is 11.1 Å². The molecule has 2 bridgehead atoms. The van der Waals surface area contributed by atoms with E-state index in [1.807, 2.05) is 0 Å². The minimum Gasteiger partial charge on any atom is -0.490 e. The highest BCUT2D eigenvalue weighted by Crippen LogP contribution is 2.59. The summed E-state index contributed by atoms with van der Waals surface area (Å²) in [6.07, 6.45) is 22.5. The van der Waals surface area contributed by atoms with Gasteiger partial charge >= 0.3 is 0 Å². The first-order valence-electron chi connectivity index (χ1n) is 13.7. The van der Waals surface area contributed by atoms with Gasteiger partial charge < -0.3 is 4.74 Å². The molecule has 178 valence electrons. The molecule has 0 N–H and O–H groups in total. The van der Waals surface area contributed by atoms with Crippen LogP contribution >= 0.6 is 0 Å². The lowest BCUT2D eigenvalue weighted by atomic mass is 9.51.